The smallest absolute Gasteiger partial charge is 0.259 e. The molecule has 0 aliphatic rings. The average molecular weight is 505 g/mol. The third kappa shape index (κ3) is 6.91. The number of nitrogens with one attached hydrogen (secondary N) is 1. The molecule has 10 nitrogen and oxygen atoms in total. The summed E-state index contributed by atoms with van der Waals surface area (Å²) >= 11 is 6.41. The molecule has 0 spiro atoms. The van der Waals surface area contributed by atoms with Crippen molar-refractivity contribution in [1.82, 2.24) is 20.4 Å². The molecule has 0 aliphatic carbocycles. The first-order valence-corrected chi connectivity index (χ1v) is 11.5. The number of carbonyl (C=O) groups is 1. The van der Waals surface area contributed by atoms with Gasteiger partial charge in [0.1, 0.15) is 19.3 Å². The molecule has 3 N–H and O–H groups in total. The van der Waals surface area contributed by atoms with Gasteiger partial charge in [0.15, 0.2) is 11.5 Å². The van der Waals surface area contributed by atoms with Gasteiger partial charge in [0, 0.05) is 24.0 Å². The summed E-state index contributed by atoms with van der Waals surface area (Å²) in [5.74, 6) is 1.07. The second kappa shape index (κ2) is 12.0. The summed E-state index contributed by atoms with van der Waals surface area (Å²) in [7, 11) is 1.45. The van der Waals surface area contributed by atoms with E-state index in [2.05, 4.69) is 34.3 Å². The van der Waals surface area contributed by atoms with Crippen molar-refractivity contribution in [3.05, 3.63) is 40.7 Å². The Kier molecular flexibility index (Phi) is 9.02. The summed E-state index contributed by atoms with van der Waals surface area (Å²) in [4.78, 5) is 20.1. The predicted molar refractivity (Wildman–Crippen MR) is 129 cm³/mol. The molecular weight excluding hydrogens is 476 g/mol. The Morgan fingerprint density at radius 1 is 1.26 bits per heavy atom. The molecule has 188 valence electrons. The first-order chi connectivity index (χ1) is 16.7. The largest absolute Gasteiger partial charge is 0.493 e. The summed E-state index contributed by atoms with van der Waals surface area (Å²) < 4.78 is 16.5. The number of aliphatic hydroxyl groups excluding tert-OH is 2. The lowest BCUT2D eigenvalue weighted by atomic mass is 10.0. The molecule has 2 aromatic heterocycles. The first-order valence-electron chi connectivity index (χ1n) is 11.1. The highest BCUT2D eigenvalue weighted by Gasteiger charge is 2.19. The molecular formula is C24H29ClN4O6. The number of aryl methyl sites for hydroxylation is 1. The zero-order valence-electron chi connectivity index (χ0n) is 20.0. The topological polar surface area (TPSA) is 140 Å². The van der Waals surface area contributed by atoms with Crippen LogP contribution in [0.3, 0.4) is 0 Å². The van der Waals surface area contributed by atoms with Crippen molar-refractivity contribution >= 4 is 17.5 Å². The lowest BCUT2D eigenvalue weighted by Gasteiger charge is -2.16. The van der Waals surface area contributed by atoms with Crippen LogP contribution in [0, 0.1) is 12.8 Å². The van der Waals surface area contributed by atoms with Gasteiger partial charge in [0.2, 0.25) is 11.7 Å². The molecule has 0 radical (unpaired) electrons. The summed E-state index contributed by atoms with van der Waals surface area (Å²) in [5.41, 5.74) is 3.36. The number of aliphatic hydroxyl groups is 2. The molecule has 0 saturated carbocycles. The molecule has 1 aromatic carbocycles. The van der Waals surface area contributed by atoms with Crippen molar-refractivity contribution in [2.45, 2.75) is 33.3 Å². The maximum Gasteiger partial charge on any atom is 0.259 e. The molecule has 0 fully saturated rings. The second-order valence-corrected chi connectivity index (χ2v) is 8.83. The van der Waals surface area contributed by atoms with Crippen LogP contribution in [0.1, 0.15) is 25.1 Å². The molecule has 1 unspecified atom stereocenters. The lowest BCUT2D eigenvalue weighted by molar-refractivity contribution is -0.124. The van der Waals surface area contributed by atoms with Crippen LogP contribution in [-0.2, 0) is 11.2 Å². The number of amides is 1. The van der Waals surface area contributed by atoms with E-state index in [0.717, 1.165) is 17.7 Å². The van der Waals surface area contributed by atoms with Crippen molar-refractivity contribution in [2.24, 2.45) is 5.92 Å². The van der Waals surface area contributed by atoms with Crippen molar-refractivity contribution in [2.75, 3.05) is 26.9 Å². The van der Waals surface area contributed by atoms with Gasteiger partial charge in [0.25, 0.3) is 5.89 Å². The fourth-order valence-corrected chi connectivity index (χ4v) is 3.56. The summed E-state index contributed by atoms with van der Waals surface area (Å²) in [6.07, 6.45) is 1.60. The summed E-state index contributed by atoms with van der Waals surface area (Å²) in [6.45, 7) is 5.40. The average Bonchev–Trinajstić information content (AvgIpc) is 3.32. The van der Waals surface area contributed by atoms with Crippen molar-refractivity contribution < 1.29 is 29.0 Å². The third-order valence-electron chi connectivity index (χ3n) is 5.05. The maximum absolute atomic E-state index is 11.1. The van der Waals surface area contributed by atoms with E-state index < -0.39 is 18.6 Å². The van der Waals surface area contributed by atoms with E-state index in [4.69, 9.17) is 30.7 Å². The number of pyridine rings is 1. The quantitative estimate of drug-likeness (QED) is 0.359. The standard InChI is InChI=1S/C24H29ClN4O6/c1-13(2)5-19-14(3)6-16(9-26-19)24-28-23(29-35-24)15-7-18(25)22(20(8-15)33-4)34-12-17(31)10-27-21(32)11-30/h6-9,13,17,30-31H,5,10-12H2,1-4H3,(H,27,32). The van der Waals surface area contributed by atoms with E-state index in [0.29, 0.717) is 34.5 Å². The number of rotatable bonds is 11. The molecule has 1 atom stereocenters. The number of nitrogens with zero attached hydrogens (tertiary/aromatic N) is 3. The van der Waals surface area contributed by atoms with Gasteiger partial charge in [-0.1, -0.05) is 30.6 Å². The highest BCUT2D eigenvalue weighted by Crippen LogP contribution is 2.39. The Balaban J connectivity index is 1.76. The van der Waals surface area contributed by atoms with Crippen LogP contribution < -0.4 is 14.8 Å². The molecule has 3 rings (SSSR count). The van der Waals surface area contributed by atoms with Gasteiger partial charge in [0.05, 0.1) is 17.7 Å². The molecule has 0 bridgehead atoms. The summed E-state index contributed by atoms with van der Waals surface area (Å²) in [6, 6.07) is 5.22. The second-order valence-electron chi connectivity index (χ2n) is 8.43. The van der Waals surface area contributed by atoms with Crippen LogP contribution in [0.4, 0.5) is 0 Å². The monoisotopic (exact) mass is 504 g/mol. The van der Waals surface area contributed by atoms with Crippen LogP contribution in [0.15, 0.2) is 28.9 Å². The van der Waals surface area contributed by atoms with Crippen LogP contribution in [-0.4, -0.2) is 64.2 Å². The molecule has 3 aromatic rings. The SMILES string of the molecule is COc1cc(-c2noc(-c3cnc(CC(C)C)c(C)c3)n2)cc(Cl)c1OCC(O)CNC(=O)CO. The van der Waals surface area contributed by atoms with Gasteiger partial charge in [-0.25, -0.2) is 0 Å². The van der Waals surface area contributed by atoms with Gasteiger partial charge in [-0.15, -0.1) is 0 Å². The van der Waals surface area contributed by atoms with E-state index in [-0.39, 0.29) is 23.9 Å². The number of methoxy groups -OCH3 is 1. The van der Waals surface area contributed by atoms with E-state index in [1.54, 1.807) is 18.3 Å². The first kappa shape index (κ1) is 26.4. The number of ether oxygens (including phenoxy) is 2. The van der Waals surface area contributed by atoms with Crippen LogP contribution in [0.5, 0.6) is 11.5 Å². The van der Waals surface area contributed by atoms with E-state index in [1.807, 2.05) is 13.0 Å². The van der Waals surface area contributed by atoms with Gasteiger partial charge in [-0.3, -0.25) is 9.78 Å². The van der Waals surface area contributed by atoms with Crippen molar-refractivity contribution in [3.8, 4) is 34.3 Å². The molecule has 1 amide bonds. The molecule has 0 saturated heterocycles. The fraction of sp³-hybridized carbons (Fsp3) is 0.417. The highest BCUT2D eigenvalue weighted by atomic mass is 35.5. The number of carbonyl (C=O) groups excluding carboxylic acids is 1. The Morgan fingerprint density at radius 2 is 2.03 bits per heavy atom. The van der Waals surface area contributed by atoms with Gasteiger partial charge in [-0.2, -0.15) is 4.98 Å². The van der Waals surface area contributed by atoms with Gasteiger partial charge >= 0.3 is 0 Å². The van der Waals surface area contributed by atoms with Gasteiger partial charge in [-0.05, 0) is 43.0 Å². The third-order valence-corrected chi connectivity index (χ3v) is 5.33. The molecule has 2 heterocycles. The van der Waals surface area contributed by atoms with E-state index in [9.17, 15) is 9.90 Å². The zero-order valence-corrected chi connectivity index (χ0v) is 20.8. The number of aromatic nitrogens is 3. The summed E-state index contributed by atoms with van der Waals surface area (Å²) in [5, 5.41) is 25.3. The Labute approximate surface area is 208 Å². The predicted octanol–water partition coefficient (Wildman–Crippen LogP) is 2.82. The highest BCUT2D eigenvalue weighted by molar-refractivity contribution is 6.32. The fourth-order valence-electron chi connectivity index (χ4n) is 3.29. The maximum atomic E-state index is 11.1. The van der Waals surface area contributed by atoms with Crippen LogP contribution in [0.25, 0.3) is 22.8 Å². The Morgan fingerprint density at radius 3 is 2.69 bits per heavy atom. The minimum atomic E-state index is -1.02. The van der Waals surface area contributed by atoms with E-state index in [1.165, 1.54) is 7.11 Å². The zero-order chi connectivity index (χ0) is 25.5. The van der Waals surface area contributed by atoms with Gasteiger partial charge < -0.3 is 29.5 Å². The van der Waals surface area contributed by atoms with Crippen molar-refractivity contribution in [3.63, 3.8) is 0 Å². The number of halogens is 1. The minimum Gasteiger partial charge on any atom is -0.493 e. The normalized spacial score (nSPS) is 12.0. The minimum absolute atomic E-state index is 0.0875. The van der Waals surface area contributed by atoms with Crippen LogP contribution in [0.2, 0.25) is 5.02 Å². The number of benzene rings is 1. The lowest BCUT2D eigenvalue weighted by Crippen LogP contribution is -2.36. The number of hydrogen-bond donors (Lipinski definition) is 3. The van der Waals surface area contributed by atoms with Crippen molar-refractivity contribution in [1.29, 1.82) is 0 Å². The van der Waals surface area contributed by atoms with Crippen LogP contribution >= 0.6 is 11.6 Å². The molecule has 11 heteroatoms. The number of hydrogen-bond acceptors (Lipinski definition) is 9. The Hall–Kier alpha value is -3.21. The molecule has 0 aliphatic heterocycles. The Bertz CT molecular complexity index is 1170. The van der Waals surface area contributed by atoms with E-state index >= 15 is 0 Å². The molecule has 35 heavy (non-hydrogen) atoms.